The van der Waals surface area contributed by atoms with Crippen LogP contribution in [-0.2, 0) is 41.1 Å². The van der Waals surface area contributed by atoms with Gasteiger partial charge in [-0.25, -0.2) is 9.59 Å². The molecule has 0 amide bonds. The second kappa shape index (κ2) is 23.3. The lowest BCUT2D eigenvalue weighted by molar-refractivity contribution is -0.188. The molecule has 0 unspecified atom stereocenters. The van der Waals surface area contributed by atoms with E-state index in [0.717, 1.165) is 47.1 Å². The summed E-state index contributed by atoms with van der Waals surface area (Å²) in [7, 11) is 5.59. The standard InChI is InChI=1S/C65H90N2O10/c1-59(2,3)52-36-43(37-53(54(52)68)60(4,5)6)38-65(57(71)76-50-39-61(7,8)66(15)62(9,10)40-50,58(72)77-51-41-63(11,12)67(16)64(13,14)42-51)34-20-18-19-21-35-74-48-30-32-49(33-31-48)75-56(70)47-28-24-45(25-29-47)44-22-26-46(27-23-44)55(69)73-17/h22-33,36-37,50-51,68H,18-21,34-35,38-42H2,1-17H3. The van der Waals surface area contributed by atoms with Crippen molar-refractivity contribution in [1.29, 1.82) is 0 Å². The third-order valence-electron chi connectivity index (χ3n) is 16.7. The fourth-order valence-corrected chi connectivity index (χ4v) is 11.6. The zero-order valence-electron chi connectivity index (χ0n) is 49.5. The molecule has 2 saturated heterocycles. The summed E-state index contributed by atoms with van der Waals surface area (Å²) in [5, 5.41) is 11.8. The molecule has 0 atom stereocenters. The first-order chi connectivity index (χ1) is 35.7. The second-order valence-electron chi connectivity index (χ2n) is 26.6. The van der Waals surface area contributed by atoms with E-state index >= 15 is 9.59 Å². The maximum Gasteiger partial charge on any atom is 0.343 e. The Kier molecular flexibility index (Phi) is 18.3. The Morgan fingerprint density at radius 1 is 0.558 bits per heavy atom. The van der Waals surface area contributed by atoms with Crippen LogP contribution in [0, 0.1) is 5.41 Å². The average Bonchev–Trinajstić information content (AvgIpc) is 3.33. The smallest absolute Gasteiger partial charge is 0.343 e. The van der Waals surface area contributed by atoms with Gasteiger partial charge >= 0.3 is 23.9 Å². The second-order valence-corrected chi connectivity index (χ2v) is 26.6. The molecular weight excluding hydrogens is 969 g/mol. The molecular formula is C65H90N2O10. The lowest BCUT2D eigenvalue weighted by Crippen LogP contribution is -2.61. The molecule has 0 saturated carbocycles. The highest BCUT2D eigenvalue weighted by atomic mass is 16.6. The van der Waals surface area contributed by atoms with Crippen LogP contribution < -0.4 is 9.47 Å². The number of carbonyl (C=O) groups is 4. The van der Waals surface area contributed by atoms with Crippen LogP contribution in [0.15, 0.2) is 84.9 Å². The van der Waals surface area contributed by atoms with Gasteiger partial charge < -0.3 is 28.8 Å². The molecule has 4 aromatic rings. The van der Waals surface area contributed by atoms with Gasteiger partial charge in [0.15, 0.2) is 5.41 Å². The number of likely N-dealkylation sites (tertiary alicyclic amines) is 2. The Morgan fingerprint density at radius 2 is 0.948 bits per heavy atom. The Morgan fingerprint density at radius 3 is 1.35 bits per heavy atom. The van der Waals surface area contributed by atoms with E-state index in [2.05, 4.69) is 121 Å². The summed E-state index contributed by atoms with van der Waals surface area (Å²) >= 11 is 0. The van der Waals surface area contributed by atoms with Crippen molar-refractivity contribution in [3.63, 3.8) is 0 Å². The van der Waals surface area contributed by atoms with Gasteiger partial charge in [-0.15, -0.1) is 0 Å². The summed E-state index contributed by atoms with van der Waals surface area (Å²) in [6.07, 6.45) is 4.69. The first kappa shape index (κ1) is 60.5. The number of ether oxygens (including phenoxy) is 5. The third kappa shape index (κ3) is 14.5. The molecule has 2 aliphatic heterocycles. The van der Waals surface area contributed by atoms with Crippen LogP contribution in [0.4, 0.5) is 0 Å². The van der Waals surface area contributed by atoms with Gasteiger partial charge in [-0.2, -0.15) is 0 Å². The number of benzene rings is 4. The van der Waals surface area contributed by atoms with Crippen molar-refractivity contribution in [3.8, 4) is 28.4 Å². The van der Waals surface area contributed by atoms with Crippen molar-refractivity contribution in [2.45, 2.75) is 206 Å². The van der Waals surface area contributed by atoms with Crippen LogP contribution in [0.2, 0.25) is 0 Å². The van der Waals surface area contributed by atoms with Gasteiger partial charge in [0.25, 0.3) is 0 Å². The maximum absolute atomic E-state index is 15.6. The fourth-order valence-electron chi connectivity index (χ4n) is 11.6. The van der Waals surface area contributed by atoms with Crippen molar-refractivity contribution in [2.75, 3.05) is 27.8 Å². The largest absolute Gasteiger partial charge is 0.507 e. The maximum atomic E-state index is 15.6. The van der Waals surface area contributed by atoms with Crippen LogP contribution in [0.5, 0.6) is 17.2 Å². The van der Waals surface area contributed by atoms with Gasteiger partial charge in [0, 0.05) is 47.8 Å². The van der Waals surface area contributed by atoms with E-state index < -0.39 is 52.3 Å². The minimum atomic E-state index is -1.68. The number of hydrogen-bond donors (Lipinski definition) is 1. The zero-order chi connectivity index (χ0) is 57.1. The average molecular weight is 1060 g/mol. The molecule has 4 aromatic carbocycles. The number of piperidine rings is 2. The summed E-state index contributed by atoms with van der Waals surface area (Å²) in [6.45, 7) is 30.3. The van der Waals surface area contributed by atoms with E-state index in [4.69, 9.17) is 23.7 Å². The summed E-state index contributed by atoms with van der Waals surface area (Å²) < 4.78 is 30.0. The number of phenols is 1. The molecule has 1 N–H and O–H groups in total. The lowest BCUT2D eigenvalue weighted by Gasteiger charge is -2.53. The number of carbonyl (C=O) groups excluding carboxylic acids is 4. The Balaban J connectivity index is 1.18. The molecule has 2 heterocycles. The highest BCUT2D eigenvalue weighted by Gasteiger charge is 2.54. The van der Waals surface area contributed by atoms with Crippen LogP contribution in [0.25, 0.3) is 11.1 Å². The molecule has 420 valence electrons. The first-order valence-corrected chi connectivity index (χ1v) is 27.7. The van der Waals surface area contributed by atoms with Gasteiger partial charge in [-0.3, -0.25) is 19.4 Å². The fraction of sp³-hybridized carbons (Fsp3) is 0.569. The number of aromatic hydroxyl groups is 1. The van der Waals surface area contributed by atoms with Crippen molar-refractivity contribution in [3.05, 3.63) is 113 Å². The van der Waals surface area contributed by atoms with E-state index in [9.17, 15) is 14.7 Å². The van der Waals surface area contributed by atoms with Crippen molar-refractivity contribution in [2.24, 2.45) is 5.41 Å². The monoisotopic (exact) mass is 1060 g/mol. The number of nitrogens with zero attached hydrogens (tertiary/aromatic N) is 2. The van der Waals surface area contributed by atoms with E-state index in [0.29, 0.717) is 61.3 Å². The Bertz CT molecular complexity index is 2580. The van der Waals surface area contributed by atoms with Gasteiger partial charge in [-0.05, 0) is 176 Å². The number of rotatable bonds is 18. The summed E-state index contributed by atoms with van der Waals surface area (Å²) in [5.41, 5.74) is 1.32. The molecule has 6 rings (SSSR count). The molecule has 77 heavy (non-hydrogen) atoms. The minimum Gasteiger partial charge on any atom is -0.507 e. The molecule has 0 spiro atoms. The van der Waals surface area contributed by atoms with E-state index in [1.165, 1.54) is 7.11 Å². The number of hydrogen-bond acceptors (Lipinski definition) is 12. The number of esters is 4. The topological polar surface area (TPSA) is 141 Å². The highest BCUT2D eigenvalue weighted by molar-refractivity contribution is 6.00. The minimum absolute atomic E-state index is 0.0619. The molecule has 0 radical (unpaired) electrons. The Hall–Kier alpha value is -5.72. The summed E-state index contributed by atoms with van der Waals surface area (Å²) in [5.74, 6) is -0.736. The SMILES string of the molecule is COC(=O)c1ccc(-c2ccc(C(=O)Oc3ccc(OCCCCCCC(Cc4cc(C(C)(C)C)c(O)c(C(C)(C)C)c4)(C(=O)OC4CC(C)(C)N(C)C(C)(C)C4)C(=O)OC4CC(C)(C)N(C)C(C)(C)C4)cc3)cc2)cc1. The van der Waals surface area contributed by atoms with Gasteiger partial charge in [-0.1, -0.05) is 97.2 Å². The lowest BCUT2D eigenvalue weighted by atomic mass is 9.73. The first-order valence-electron chi connectivity index (χ1n) is 27.7. The van der Waals surface area contributed by atoms with Crippen LogP contribution >= 0.6 is 0 Å². The van der Waals surface area contributed by atoms with Crippen LogP contribution in [0.1, 0.15) is 192 Å². The van der Waals surface area contributed by atoms with Crippen LogP contribution in [-0.4, -0.2) is 101 Å². The summed E-state index contributed by atoms with van der Waals surface area (Å²) in [6, 6.07) is 25.0. The molecule has 2 aliphatic rings. The van der Waals surface area contributed by atoms with Gasteiger partial charge in [0.1, 0.15) is 29.5 Å². The van der Waals surface area contributed by atoms with E-state index in [1.54, 1.807) is 48.5 Å². The highest BCUT2D eigenvalue weighted by Crippen LogP contribution is 2.46. The predicted molar refractivity (Wildman–Crippen MR) is 305 cm³/mol. The molecule has 12 heteroatoms. The quantitative estimate of drug-likeness (QED) is 0.0333. The van der Waals surface area contributed by atoms with Crippen molar-refractivity contribution < 1.29 is 48.0 Å². The van der Waals surface area contributed by atoms with Crippen molar-refractivity contribution in [1.82, 2.24) is 9.80 Å². The van der Waals surface area contributed by atoms with E-state index in [1.807, 2.05) is 36.4 Å². The molecule has 12 nitrogen and oxygen atoms in total. The summed E-state index contributed by atoms with van der Waals surface area (Å²) in [4.78, 5) is 60.8. The third-order valence-corrected chi connectivity index (χ3v) is 16.7. The predicted octanol–water partition coefficient (Wildman–Crippen LogP) is 13.6. The molecule has 2 fully saturated rings. The number of unbranched alkanes of at least 4 members (excludes halogenated alkanes) is 3. The van der Waals surface area contributed by atoms with Gasteiger partial charge in [0.2, 0.25) is 0 Å². The van der Waals surface area contributed by atoms with E-state index in [-0.39, 0.29) is 40.7 Å². The zero-order valence-corrected chi connectivity index (χ0v) is 49.5. The van der Waals surface area contributed by atoms with Gasteiger partial charge in [0.05, 0.1) is 24.8 Å². The molecule has 0 aromatic heterocycles. The molecule has 0 aliphatic carbocycles. The number of methoxy groups -OCH3 is 1. The Labute approximate surface area is 460 Å². The molecule has 0 bridgehead atoms. The normalized spacial score (nSPS) is 18.0. The van der Waals surface area contributed by atoms with Crippen LogP contribution in [0.3, 0.4) is 0 Å². The number of phenolic OH excluding ortho intramolecular Hbond substituents is 1. The van der Waals surface area contributed by atoms with Crippen molar-refractivity contribution >= 4 is 23.9 Å².